The molecule has 0 bridgehead atoms. The molecule has 182 valence electrons. The molecule has 0 aliphatic carbocycles. The first-order valence-corrected chi connectivity index (χ1v) is 14.2. The quantitative estimate of drug-likeness (QED) is 0.217. The van der Waals surface area contributed by atoms with Crippen molar-refractivity contribution in [2.45, 2.75) is 0 Å². The zero-order valence-electron chi connectivity index (χ0n) is 21.0. The minimum atomic E-state index is 1.18. The maximum atomic E-state index is 2.44. The van der Waals surface area contributed by atoms with Crippen LogP contribution in [0.3, 0.4) is 0 Å². The molecule has 0 spiro atoms. The summed E-state index contributed by atoms with van der Waals surface area (Å²) in [6, 6.07) is 46.6. The van der Waals surface area contributed by atoms with Gasteiger partial charge in [0.15, 0.2) is 0 Å². The van der Waals surface area contributed by atoms with Crippen molar-refractivity contribution in [2.24, 2.45) is 0 Å². The average molecular weight is 515 g/mol. The summed E-state index contributed by atoms with van der Waals surface area (Å²) in [5, 5.41) is 11.3. The lowest BCUT2D eigenvalue weighted by Gasteiger charge is -2.10. The zero-order chi connectivity index (χ0) is 25.5. The van der Waals surface area contributed by atoms with Crippen LogP contribution in [-0.4, -0.2) is 9.13 Å². The number of thiophene rings is 1. The molecule has 0 aliphatic rings. The molecule has 9 aromatic rings. The van der Waals surface area contributed by atoms with E-state index in [0.29, 0.717) is 0 Å². The SMILES string of the molecule is c1ccc(-n2c3ccccc3c3cc(-n4c5ccccc5c5c6ccc7ccsc7c6ccc54)ccc32)cc1. The minimum Gasteiger partial charge on any atom is -0.309 e. The number of rotatable bonds is 2. The van der Waals surface area contributed by atoms with Gasteiger partial charge in [0.25, 0.3) is 0 Å². The Morgan fingerprint density at radius 2 is 1.08 bits per heavy atom. The molecule has 0 aliphatic heterocycles. The Morgan fingerprint density at radius 3 is 1.95 bits per heavy atom. The van der Waals surface area contributed by atoms with Gasteiger partial charge in [0.2, 0.25) is 0 Å². The van der Waals surface area contributed by atoms with Crippen LogP contribution in [0.5, 0.6) is 0 Å². The van der Waals surface area contributed by atoms with E-state index in [1.54, 1.807) is 0 Å². The van der Waals surface area contributed by atoms with Crippen LogP contribution in [0.25, 0.3) is 75.8 Å². The monoisotopic (exact) mass is 514 g/mol. The van der Waals surface area contributed by atoms with Crippen LogP contribution in [0.15, 0.2) is 133 Å². The maximum absolute atomic E-state index is 2.44. The second-order valence-electron chi connectivity index (χ2n) is 10.2. The van der Waals surface area contributed by atoms with E-state index in [1.807, 2.05) is 11.3 Å². The lowest BCUT2D eigenvalue weighted by molar-refractivity contribution is 1.17. The number of aromatic nitrogens is 2. The number of hydrogen-bond donors (Lipinski definition) is 0. The van der Waals surface area contributed by atoms with Crippen LogP contribution in [0.2, 0.25) is 0 Å². The molecule has 3 aromatic heterocycles. The number of hydrogen-bond acceptors (Lipinski definition) is 1. The van der Waals surface area contributed by atoms with Crippen LogP contribution in [-0.2, 0) is 0 Å². The molecule has 3 heterocycles. The second kappa shape index (κ2) is 7.83. The zero-order valence-corrected chi connectivity index (χ0v) is 21.8. The third-order valence-corrected chi connectivity index (χ3v) is 9.14. The summed E-state index contributed by atoms with van der Waals surface area (Å²) in [7, 11) is 0. The summed E-state index contributed by atoms with van der Waals surface area (Å²) in [6.45, 7) is 0. The summed E-state index contributed by atoms with van der Waals surface area (Å²) < 4.78 is 6.18. The predicted octanol–water partition coefficient (Wildman–Crippen LogP) is 10.2. The van der Waals surface area contributed by atoms with Crippen molar-refractivity contribution in [2.75, 3.05) is 0 Å². The van der Waals surface area contributed by atoms with E-state index in [9.17, 15) is 0 Å². The Labute approximate surface area is 228 Å². The van der Waals surface area contributed by atoms with Crippen molar-refractivity contribution in [1.29, 1.82) is 0 Å². The number of nitrogens with zero attached hydrogens (tertiary/aromatic N) is 2. The van der Waals surface area contributed by atoms with Gasteiger partial charge in [-0.3, -0.25) is 0 Å². The fourth-order valence-electron chi connectivity index (χ4n) is 6.53. The van der Waals surface area contributed by atoms with Gasteiger partial charge in [-0.2, -0.15) is 0 Å². The summed E-state index contributed by atoms with van der Waals surface area (Å²) in [6.07, 6.45) is 0. The highest BCUT2D eigenvalue weighted by atomic mass is 32.1. The van der Waals surface area contributed by atoms with E-state index >= 15 is 0 Å². The molecular weight excluding hydrogens is 492 g/mol. The van der Waals surface area contributed by atoms with Gasteiger partial charge in [0.05, 0.1) is 22.1 Å². The third-order valence-electron chi connectivity index (χ3n) is 8.18. The highest BCUT2D eigenvalue weighted by Crippen LogP contribution is 2.41. The number of fused-ring (bicyclic) bond motifs is 10. The Bertz CT molecular complexity index is 2390. The third kappa shape index (κ3) is 2.85. The molecule has 0 radical (unpaired) electrons. The molecule has 0 amide bonds. The fraction of sp³-hybridized carbons (Fsp3) is 0. The smallest absolute Gasteiger partial charge is 0.0547 e. The second-order valence-corrected chi connectivity index (χ2v) is 11.1. The van der Waals surface area contributed by atoms with E-state index in [-0.39, 0.29) is 0 Å². The molecule has 39 heavy (non-hydrogen) atoms. The van der Waals surface area contributed by atoms with E-state index < -0.39 is 0 Å². The van der Waals surface area contributed by atoms with Crippen molar-refractivity contribution in [3.63, 3.8) is 0 Å². The summed E-state index contributed by atoms with van der Waals surface area (Å²) in [5.74, 6) is 0. The van der Waals surface area contributed by atoms with E-state index in [1.165, 1.54) is 75.8 Å². The first kappa shape index (κ1) is 21.1. The molecule has 0 saturated carbocycles. The highest BCUT2D eigenvalue weighted by Gasteiger charge is 2.18. The van der Waals surface area contributed by atoms with Gasteiger partial charge in [-0.15, -0.1) is 11.3 Å². The van der Waals surface area contributed by atoms with Crippen molar-refractivity contribution >= 4 is 75.8 Å². The van der Waals surface area contributed by atoms with Gasteiger partial charge in [-0.25, -0.2) is 0 Å². The lowest BCUT2D eigenvalue weighted by atomic mass is 10.0. The molecule has 2 nitrogen and oxygen atoms in total. The minimum absolute atomic E-state index is 1.18. The van der Waals surface area contributed by atoms with Crippen molar-refractivity contribution in [1.82, 2.24) is 9.13 Å². The molecule has 0 saturated heterocycles. The summed E-state index contributed by atoms with van der Waals surface area (Å²) in [5.41, 5.74) is 7.28. The Hall–Kier alpha value is -4.86. The normalized spacial score (nSPS) is 12.1. The van der Waals surface area contributed by atoms with Crippen molar-refractivity contribution in [3.05, 3.63) is 133 Å². The van der Waals surface area contributed by atoms with E-state index in [4.69, 9.17) is 0 Å². The van der Waals surface area contributed by atoms with Crippen LogP contribution in [0.4, 0.5) is 0 Å². The van der Waals surface area contributed by atoms with Gasteiger partial charge in [-0.1, -0.05) is 72.8 Å². The molecule has 9 rings (SSSR count). The number of para-hydroxylation sites is 3. The molecule has 6 aromatic carbocycles. The standard InChI is InChI=1S/C36H22N2S/c1-2-8-24(9-3-1)37-31-12-6-4-10-26(31)30-22-25(15-18-33(30)37)38-32-13-7-5-11-29(32)35-27-16-14-23-20-21-39-36(23)28(27)17-19-34(35)38/h1-22H. The van der Waals surface area contributed by atoms with Gasteiger partial charge in [0.1, 0.15) is 0 Å². The summed E-state index contributed by atoms with van der Waals surface area (Å²) in [4.78, 5) is 0. The maximum Gasteiger partial charge on any atom is 0.0547 e. The van der Waals surface area contributed by atoms with Gasteiger partial charge in [-0.05, 0) is 70.7 Å². The average Bonchev–Trinajstić information content (AvgIpc) is 3.70. The van der Waals surface area contributed by atoms with Crippen molar-refractivity contribution < 1.29 is 0 Å². The molecular formula is C36H22N2S. The Kier molecular flexibility index (Phi) is 4.24. The highest BCUT2D eigenvalue weighted by molar-refractivity contribution is 7.18. The lowest BCUT2D eigenvalue weighted by Crippen LogP contribution is -1.95. The van der Waals surface area contributed by atoms with Crippen LogP contribution in [0, 0.1) is 0 Å². The van der Waals surface area contributed by atoms with Crippen LogP contribution < -0.4 is 0 Å². The topological polar surface area (TPSA) is 9.86 Å². The van der Waals surface area contributed by atoms with Crippen molar-refractivity contribution in [3.8, 4) is 11.4 Å². The Morgan fingerprint density at radius 1 is 0.410 bits per heavy atom. The molecule has 0 unspecified atom stereocenters. The van der Waals surface area contributed by atoms with Crippen LogP contribution >= 0.6 is 11.3 Å². The molecule has 0 atom stereocenters. The van der Waals surface area contributed by atoms with Gasteiger partial charge < -0.3 is 9.13 Å². The van der Waals surface area contributed by atoms with Gasteiger partial charge in [0, 0.05) is 43.0 Å². The van der Waals surface area contributed by atoms with E-state index in [2.05, 4.69) is 142 Å². The summed E-state index contributed by atoms with van der Waals surface area (Å²) >= 11 is 1.83. The molecule has 0 fully saturated rings. The molecule has 3 heteroatoms. The molecule has 0 N–H and O–H groups in total. The van der Waals surface area contributed by atoms with E-state index in [0.717, 1.165) is 0 Å². The number of benzene rings is 6. The largest absolute Gasteiger partial charge is 0.309 e. The first-order valence-electron chi connectivity index (χ1n) is 13.3. The Balaban J connectivity index is 1.39. The van der Waals surface area contributed by atoms with Gasteiger partial charge >= 0.3 is 0 Å². The van der Waals surface area contributed by atoms with Crippen LogP contribution in [0.1, 0.15) is 0 Å². The first-order chi connectivity index (χ1) is 19.4. The fourth-order valence-corrected chi connectivity index (χ4v) is 7.46. The predicted molar refractivity (Wildman–Crippen MR) is 168 cm³/mol.